The number of ketones is 1. The van der Waals surface area contributed by atoms with Crippen molar-refractivity contribution < 1.29 is 9.59 Å². The Morgan fingerprint density at radius 2 is 1.84 bits per heavy atom. The molecule has 0 radical (unpaired) electrons. The Morgan fingerprint density at radius 1 is 1.03 bits per heavy atom. The van der Waals surface area contributed by atoms with Crippen LogP contribution in [0, 0.1) is 13.8 Å². The molecule has 0 aliphatic rings. The van der Waals surface area contributed by atoms with Crippen LogP contribution in [0.2, 0.25) is 0 Å². The smallest absolute Gasteiger partial charge is 0.311 e. The van der Waals surface area contributed by atoms with Crippen molar-refractivity contribution in [3.05, 3.63) is 88.2 Å². The number of rotatable bonds is 4. The third-order valence-electron chi connectivity index (χ3n) is 5.49. The SMILES string of the molecule is Cc1ccc(-n2ncc3c(=O)n(NC(=O)C(=O)c4c[nH]c5ccccc45)cnc32)cc1C. The van der Waals surface area contributed by atoms with E-state index in [4.69, 9.17) is 0 Å². The van der Waals surface area contributed by atoms with Gasteiger partial charge >= 0.3 is 5.91 Å². The van der Waals surface area contributed by atoms with Gasteiger partial charge in [-0.25, -0.2) is 14.3 Å². The van der Waals surface area contributed by atoms with Gasteiger partial charge in [0, 0.05) is 17.1 Å². The second-order valence-electron chi connectivity index (χ2n) is 7.50. The lowest BCUT2D eigenvalue weighted by molar-refractivity contribution is -0.113. The van der Waals surface area contributed by atoms with Crippen molar-refractivity contribution in [3.63, 3.8) is 0 Å². The second-order valence-corrected chi connectivity index (χ2v) is 7.50. The molecule has 0 atom stereocenters. The quantitative estimate of drug-likeness (QED) is 0.339. The monoisotopic (exact) mass is 426 g/mol. The van der Waals surface area contributed by atoms with Gasteiger partial charge in [-0.05, 0) is 43.2 Å². The Morgan fingerprint density at radius 3 is 2.66 bits per heavy atom. The van der Waals surface area contributed by atoms with Gasteiger partial charge in [0.25, 0.3) is 11.3 Å². The predicted octanol–water partition coefficient (Wildman–Crippen LogP) is 2.63. The van der Waals surface area contributed by atoms with E-state index >= 15 is 0 Å². The summed E-state index contributed by atoms with van der Waals surface area (Å²) >= 11 is 0. The number of aromatic nitrogens is 5. The van der Waals surface area contributed by atoms with E-state index in [1.807, 2.05) is 38.1 Å². The summed E-state index contributed by atoms with van der Waals surface area (Å²) in [4.78, 5) is 45.4. The second kappa shape index (κ2) is 7.31. The van der Waals surface area contributed by atoms with Crippen LogP contribution >= 0.6 is 0 Å². The van der Waals surface area contributed by atoms with Crippen molar-refractivity contribution in [2.24, 2.45) is 0 Å². The van der Waals surface area contributed by atoms with Gasteiger partial charge in [-0.1, -0.05) is 24.3 Å². The Hall–Kier alpha value is -4.53. The number of H-pyrrole nitrogens is 1. The van der Waals surface area contributed by atoms with Crippen molar-refractivity contribution >= 4 is 33.6 Å². The molecule has 1 amide bonds. The van der Waals surface area contributed by atoms with Gasteiger partial charge in [-0.2, -0.15) is 5.10 Å². The number of carbonyl (C=O) groups excluding carboxylic acids is 2. The van der Waals surface area contributed by atoms with Crippen molar-refractivity contribution in [1.82, 2.24) is 24.4 Å². The maximum Gasteiger partial charge on any atom is 0.311 e. The summed E-state index contributed by atoms with van der Waals surface area (Å²) in [6, 6.07) is 13.0. The van der Waals surface area contributed by atoms with Gasteiger partial charge in [-0.15, -0.1) is 0 Å². The van der Waals surface area contributed by atoms with Gasteiger partial charge in [0.2, 0.25) is 0 Å². The Balaban J connectivity index is 1.47. The van der Waals surface area contributed by atoms with Gasteiger partial charge in [-0.3, -0.25) is 19.8 Å². The van der Waals surface area contributed by atoms with Crippen LogP contribution in [0.15, 0.2) is 66.0 Å². The normalized spacial score (nSPS) is 11.2. The maximum absolute atomic E-state index is 12.9. The average molecular weight is 426 g/mol. The van der Waals surface area contributed by atoms with E-state index in [2.05, 4.69) is 20.5 Å². The number of para-hydroxylation sites is 1. The number of aryl methyl sites for hydroxylation is 2. The molecule has 9 nitrogen and oxygen atoms in total. The van der Waals surface area contributed by atoms with E-state index in [0.29, 0.717) is 11.0 Å². The number of Topliss-reactive ketones (excluding diaryl/α,β-unsaturated/α-hetero) is 1. The molecule has 0 saturated heterocycles. The van der Waals surface area contributed by atoms with E-state index in [0.717, 1.165) is 27.0 Å². The van der Waals surface area contributed by atoms with Crippen LogP contribution in [0.5, 0.6) is 0 Å². The molecule has 2 N–H and O–H groups in total. The molecule has 2 aromatic carbocycles. The number of fused-ring (bicyclic) bond motifs is 2. The summed E-state index contributed by atoms with van der Waals surface area (Å²) in [5.74, 6) is -1.71. The fourth-order valence-electron chi connectivity index (χ4n) is 3.58. The summed E-state index contributed by atoms with van der Waals surface area (Å²) in [6.07, 6.45) is 4.04. The van der Waals surface area contributed by atoms with Crippen molar-refractivity contribution in [3.8, 4) is 5.69 Å². The largest absolute Gasteiger partial charge is 0.360 e. The van der Waals surface area contributed by atoms with E-state index in [1.54, 1.807) is 22.9 Å². The minimum absolute atomic E-state index is 0.213. The molecule has 0 fully saturated rings. The lowest BCUT2D eigenvalue weighted by Gasteiger charge is -2.08. The zero-order valence-electron chi connectivity index (χ0n) is 17.3. The summed E-state index contributed by atoms with van der Waals surface area (Å²) < 4.78 is 2.45. The van der Waals surface area contributed by atoms with Gasteiger partial charge < -0.3 is 4.98 Å². The number of amides is 1. The van der Waals surface area contributed by atoms with Crippen LogP contribution in [0.3, 0.4) is 0 Å². The maximum atomic E-state index is 12.9. The number of carbonyl (C=O) groups is 2. The Kier molecular flexibility index (Phi) is 4.44. The average Bonchev–Trinajstić information content (AvgIpc) is 3.42. The standard InChI is InChI=1S/C23H18N6O3/c1-13-7-8-15(9-14(13)2)29-21-18(11-26-29)23(32)28(12-25-21)27-22(31)20(30)17-10-24-19-6-4-3-5-16(17)19/h3-12,24H,1-2H3,(H,27,31). The lowest BCUT2D eigenvalue weighted by Crippen LogP contribution is -2.36. The zero-order chi connectivity index (χ0) is 22.4. The molecule has 3 heterocycles. The molecule has 5 aromatic rings. The first kappa shape index (κ1) is 19.4. The molecule has 158 valence electrons. The molecule has 3 aromatic heterocycles. The lowest BCUT2D eigenvalue weighted by atomic mass is 10.1. The van der Waals surface area contributed by atoms with Gasteiger partial charge in [0.05, 0.1) is 17.4 Å². The molecule has 5 rings (SSSR count). The number of hydrogen-bond donors (Lipinski definition) is 2. The topological polar surface area (TPSA) is 115 Å². The zero-order valence-corrected chi connectivity index (χ0v) is 17.3. The summed E-state index contributed by atoms with van der Waals surface area (Å²) in [5.41, 5.74) is 6.10. The molecule has 0 spiro atoms. The Labute approximate surface area is 181 Å². The molecule has 9 heteroatoms. The predicted molar refractivity (Wildman–Crippen MR) is 120 cm³/mol. The fourth-order valence-corrected chi connectivity index (χ4v) is 3.58. The highest BCUT2D eigenvalue weighted by Gasteiger charge is 2.21. The summed E-state index contributed by atoms with van der Waals surface area (Å²) in [6.45, 7) is 4.00. The number of nitrogens with one attached hydrogen (secondary N) is 2. The molecule has 0 aliphatic carbocycles. The van der Waals surface area contributed by atoms with E-state index < -0.39 is 17.2 Å². The number of aromatic amines is 1. The molecule has 0 saturated carbocycles. The molecule has 0 bridgehead atoms. The highest BCUT2D eigenvalue weighted by Crippen LogP contribution is 2.19. The molecular weight excluding hydrogens is 408 g/mol. The highest BCUT2D eigenvalue weighted by molar-refractivity contribution is 6.47. The number of benzene rings is 2. The third-order valence-corrected chi connectivity index (χ3v) is 5.49. The van der Waals surface area contributed by atoms with Crippen LogP contribution in [-0.4, -0.2) is 36.1 Å². The van der Waals surface area contributed by atoms with E-state index in [9.17, 15) is 14.4 Å². The minimum Gasteiger partial charge on any atom is -0.360 e. The van der Waals surface area contributed by atoms with Crippen molar-refractivity contribution in [1.29, 1.82) is 0 Å². The van der Waals surface area contributed by atoms with E-state index in [1.165, 1.54) is 18.7 Å². The first-order chi connectivity index (χ1) is 15.4. The van der Waals surface area contributed by atoms with Crippen molar-refractivity contribution in [2.45, 2.75) is 13.8 Å². The Bertz CT molecular complexity index is 1590. The van der Waals surface area contributed by atoms with Crippen LogP contribution in [0.4, 0.5) is 0 Å². The van der Waals surface area contributed by atoms with Crippen molar-refractivity contribution in [2.75, 3.05) is 5.43 Å². The number of hydrogen-bond acceptors (Lipinski definition) is 5. The van der Waals surface area contributed by atoms with Crippen LogP contribution in [0.25, 0.3) is 27.6 Å². The highest BCUT2D eigenvalue weighted by atomic mass is 16.2. The van der Waals surface area contributed by atoms with Crippen LogP contribution in [0.1, 0.15) is 21.5 Å². The van der Waals surface area contributed by atoms with Gasteiger partial charge in [0.15, 0.2) is 5.65 Å². The first-order valence-corrected chi connectivity index (χ1v) is 9.89. The third kappa shape index (κ3) is 3.07. The van der Waals surface area contributed by atoms with E-state index in [-0.39, 0.29) is 10.9 Å². The van der Waals surface area contributed by atoms with Gasteiger partial charge in [0.1, 0.15) is 11.7 Å². The molecule has 0 unspecified atom stereocenters. The minimum atomic E-state index is -0.945. The summed E-state index contributed by atoms with van der Waals surface area (Å²) in [5, 5.41) is 5.13. The van der Waals surface area contributed by atoms with Crippen LogP contribution in [-0.2, 0) is 4.79 Å². The number of nitrogens with zero attached hydrogens (tertiary/aromatic N) is 4. The molecule has 0 aliphatic heterocycles. The fraction of sp³-hybridized carbons (Fsp3) is 0.0870. The summed E-state index contributed by atoms with van der Waals surface area (Å²) in [7, 11) is 0. The molecule has 32 heavy (non-hydrogen) atoms. The first-order valence-electron chi connectivity index (χ1n) is 9.89. The molecular formula is C23H18N6O3. The van der Waals surface area contributed by atoms with Crippen LogP contribution < -0.4 is 11.0 Å².